The number of carbonyl (C=O) groups is 2. The Balaban J connectivity index is 1.75. The van der Waals surface area contributed by atoms with Crippen molar-refractivity contribution in [2.45, 2.75) is 83.2 Å². The molecule has 2 rings (SSSR count). The quantitative estimate of drug-likeness (QED) is 0.158. The molecule has 0 radical (unpaired) electrons. The van der Waals surface area contributed by atoms with E-state index >= 15 is 0 Å². The lowest BCUT2D eigenvalue weighted by molar-refractivity contribution is -0.138. The van der Waals surface area contributed by atoms with E-state index < -0.39 is 17.5 Å². The van der Waals surface area contributed by atoms with Crippen molar-refractivity contribution in [3.05, 3.63) is 47.3 Å². The lowest BCUT2D eigenvalue weighted by Gasteiger charge is -2.16. The summed E-state index contributed by atoms with van der Waals surface area (Å²) in [4.78, 5) is 24.1. The van der Waals surface area contributed by atoms with E-state index in [0.29, 0.717) is 32.1 Å². The third kappa shape index (κ3) is 7.60. The summed E-state index contributed by atoms with van der Waals surface area (Å²) < 4.78 is 4.78. The first-order chi connectivity index (χ1) is 14.3. The van der Waals surface area contributed by atoms with Gasteiger partial charge < -0.3 is 14.9 Å². The highest BCUT2D eigenvalue weighted by Gasteiger charge is 2.34. The molecule has 0 saturated heterocycles. The summed E-state index contributed by atoms with van der Waals surface area (Å²) in [6.45, 7) is 1.81. The van der Waals surface area contributed by atoms with Crippen LogP contribution in [0, 0.1) is 5.92 Å². The zero-order valence-corrected chi connectivity index (χ0v) is 18.4. The van der Waals surface area contributed by atoms with Gasteiger partial charge in [0.25, 0.3) is 0 Å². The Kier molecular flexibility index (Phi) is 9.57. The molecule has 1 fully saturated rings. The average Bonchev–Trinajstić information content (AvgIpc) is 3.38. The third-order valence-corrected chi connectivity index (χ3v) is 5.83. The van der Waals surface area contributed by atoms with Gasteiger partial charge >= 0.3 is 5.97 Å². The fourth-order valence-electron chi connectivity index (χ4n) is 4.02. The van der Waals surface area contributed by atoms with Crippen LogP contribution in [0.1, 0.15) is 77.6 Å². The van der Waals surface area contributed by atoms with Crippen molar-refractivity contribution in [2.75, 3.05) is 7.11 Å². The van der Waals surface area contributed by atoms with Gasteiger partial charge in [0.1, 0.15) is 11.5 Å². The van der Waals surface area contributed by atoms with Crippen molar-refractivity contribution in [3.8, 4) is 0 Å². The predicted octanol–water partition coefficient (Wildman–Crippen LogP) is 5.26. The van der Waals surface area contributed by atoms with Crippen LogP contribution < -0.4 is 0 Å². The number of unbranched alkanes of at least 4 members (excludes halogenated alkanes) is 2. The van der Waals surface area contributed by atoms with Gasteiger partial charge in [0.2, 0.25) is 0 Å². The van der Waals surface area contributed by atoms with E-state index in [0.717, 1.165) is 32.1 Å². The number of esters is 1. The summed E-state index contributed by atoms with van der Waals surface area (Å²) >= 11 is 0. The summed E-state index contributed by atoms with van der Waals surface area (Å²) in [6.07, 6.45) is 18.7. The van der Waals surface area contributed by atoms with E-state index in [4.69, 9.17) is 4.74 Å². The van der Waals surface area contributed by atoms with Gasteiger partial charge in [0.05, 0.1) is 24.2 Å². The first-order valence-electron chi connectivity index (χ1n) is 11.1. The smallest absolute Gasteiger partial charge is 0.337 e. The second-order valence-corrected chi connectivity index (χ2v) is 8.55. The molecule has 0 aliphatic heterocycles. The molecule has 0 unspecified atom stereocenters. The van der Waals surface area contributed by atoms with E-state index in [-0.39, 0.29) is 17.1 Å². The number of aliphatic hydroxyl groups excluding tert-OH is 1. The molecule has 0 heterocycles. The van der Waals surface area contributed by atoms with Gasteiger partial charge in [-0.2, -0.15) is 0 Å². The third-order valence-electron chi connectivity index (χ3n) is 5.83. The molecule has 2 aliphatic rings. The maximum atomic E-state index is 12.1. The largest absolute Gasteiger partial charge is 0.512 e. The SMILES string of the molecule is COC(=O)C(=C(O)CCCC/C=C/C[C@](C)(O)/C=C/C1=CCCC1)[C@H]1CCCC1=O. The Bertz CT molecular complexity index is 724. The van der Waals surface area contributed by atoms with E-state index in [1.54, 1.807) is 0 Å². The molecular weight excluding hydrogens is 380 g/mol. The maximum absolute atomic E-state index is 12.1. The van der Waals surface area contributed by atoms with Crippen molar-refractivity contribution in [3.63, 3.8) is 0 Å². The second-order valence-electron chi connectivity index (χ2n) is 8.55. The van der Waals surface area contributed by atoms with E-state index in [9.17, 15) is 19.8 Å². The molecule has 0 aromatic rings. The molecule has 0 aromatic heterocycles. The molecule has 166 valence electrons. The average molecular weight is 417 g/mol. The van der Waals surface area contributed by atoms with Crippen LogP contribution in [0.15, 0.2) is 47.3 Å². The van der Waals surface area contributed by atoms with Crippen LogP contribution >= 0.6 is 0 Å². The summed E-state index contributed by atoms with van der Waals surface area (Å²) in [5.74, 6) is -1.13. The molecule has 0 bridgehead atoms. The van der Waals surface area contributed by atoms with Gasteiger partial charge in [0, 0.05) is 12.8 Å². The number of carbonyl (C=O) groups excluding carboxylic acids is 2. The van der Waals surface area contributed by atoms with Crippen LogP contribution in [0.5, 0.6) is 0 Å². The molecule has 30 heavy (non-hydrogen) atoms. The molecule has 5 nitrogen and oxygen atoms in total. The number of aliphatic hydroxyl groups is 2. The normalized spacial score (nSPS) is 22.4. The minimum absolute atomic E-state index is 0.00945. The maximum Gasteiger partial charge on any atom is 0.337 e. The van der Waals surface area contributed by atoms with Crippen LogP contribution in [0.2, 0.25) is 0 Å². The summed E-state index contributed by atoms with van der Waals surface area (Å²) in [7, 11) is 1.27. The number of rotatable bonds is 11. The number of hydrogen-bond acceptors (Lipinski definition) is 5. The highest BCUT2D eigenvalue weighted by Crippen LogP contribution is 2.31. The number of hydrogen-bond donors (Lipinski definition) is 2. The van der Waals surface area contributed by atoms with Gasteiger partial charge in [-0.1, -0.05) is 36.0 Å². The lowest BCUT2D eigenvalue weighted by Crippen LogP contribution is -2.20. The zero-order valence-electron chi connectivity index (χ0n) is 18.4. The lowest BCUT2D eigenvalue weighted by atomic mass is 9.93. The van der Waals surface area contributed by atoms with Crippen LogP contribution in [-0.2, 0) is 14.3 Å². The first kappa shape index (κ1) is 24.1. The Morgan fingerprint density at radius 2 is 2.07 bits per heavy atom. The molecule has 2 atom stereocenters. The van der Waals surface area contributed by atoms with E-state index in [2.05, 4.69) is 6.08 Å². The molecule has 2 aliphatic carbocycles. The minimum atomic E-state index is -0.857. The molecule has 0 aromatic carbocycles. The summed E-state index contributed by atoms with van der Waals surface area (Å²) in [5.41, 5.74) is 0.595. The van der Waals surface area contributed by atoms with Gasteiger partial charge in [-0.15, -0.1) is 0 Å². The Labute approximate surface area is 180 Å². The molecule has 5 heteroatoms. The molecule has 2 N–H and O–H groups in total. The highest BCUT2D eigenvalue weighted by molar-refractivity contribution is 5.98. The van der Waals surface area contributed by atoms with Crippen LogP contribution in [0.3, 0.4) is 0 Å². The number of Topliss-reactive ketones (excluding diaryl/α,β-unsaturated/α-hetero) is 1. The Morgan fingerprint density at radius 3 is 2.70 bits per heavy atom. The Morgan fingerprint density at radius 1 is 1.27 bits per heavy atom. The molecule has 0 amide bonds. The van der Waals surface area contributed by atoms with Crippen molar-refractivity contribution >= 4 is 11.8 Å². The topological polar surface area (TPSA) is 83.8 Å². The monoisotopic (exact) mass is 416 g/mol. The van der Waals surface area contributed by atoms with Gasteiger partial charge in [0.15, 0.2) is 0 Å². The molecular formula is C25H36O5. The van der Waals surface area contributed by atoms with Gasteiger partial charge in [-0.05, 0) is 64.7 Å². The number of allylic oxidation sites excluding steroid dienone is 5. The minimum Gasteiger partial charge on any atom is -0.512 e. The highest BCUT2D eigenvalue weighted by atomic mass is 16.5. The predicted molar refractivity (Wildman–Crippen MR) is 118 cm³/mol. The number of ether oxygens (including phenoxy) is 1. The standard InChI is InChI=1S/C25H36O5/c1-25(29,18-16-19-11-7-8-12-19)17-9-5-3-4-6-14-22(27)23(24(28)30-2)20-13-10-15-21(20)26/h5,9,11,16,18,20,27,29H,3-4,6-8,10,12-15,17H2,1-2H3/b9-5+,18-16+,23-22?/t20-,25-/m0/s1. The van der Waals surface area contributed by atoms with Crippen molar-refractivity contribution in [2.24, 2.45) is 5.92 Å². The van der Waals surface area contributed by atoms with Crippen molar-refractivity contribution < 1.29 is 24.5 Å². The first-order valence-corrected chi connectivity index (χ1v) is 11.1. The van der Waals surface area contributed by atoms with Gasteiger partial charge in [-0.25, -0.2) is 4.79 Å². The van der Waals surface area contributed by atoms with Crippen LogP contribution in [-0.4, -0.2) is 34.7 Å². The molecule has 1 saturated carbocycles. The fraction of sp³-hybridized carbons (Fsp3) is 0.600. The summed E-state index contributed by atoms with van der Waals surface area (Å²) in [5, 5.41) is 20.8. The van der Waals surface area contributed by atoms with Crippen LogP contribution in [0.25, 0.3) is 0 Å². The van der Waals surface area contributed by atoms with Crippen LogP contribution in [0.4, 0.5) is 0 Å². The van der Waals surface area contributed by atoms with Gasteiger partial charge in [-0.3, -0.25) is 4.79 Å². The Hall–Kier alpha value is -2.14. The van der Waals surface area contributed by atoms with Crippen molar-refractivity contribution in [1.82, 2.24) is 0 Å². The van der Waals surface area contributed by atoms with Crippen molar-refractivity contribution in [1.29, 1.82) is 0 Å². The van der Waals surface area contributed by atoms with E-state index in [1.807, 2.05) is 31.2 Å². The number of ketones is 1. The number of methoxy groups -OCH3 is 1. The summed E-state index contributed by atoms with van der Waals surface area (Å²) in [6, 6.07) is 0. The van der Waals surface area contributed by atoms with E-state index in [1.165, 1.54) is 19.1 Å². The second kappa shape index (κ2) is 11.9. The zero-order chi connectivity index (χ0) is 22.0. The fourth-order valence-corrected chi connectivity index (χ4v) is 4.02. The molecule has 0 spiro atoms.